The molecule has 0 bridgehead atoms. The molecule has 1 aromatic rings. The van der Waals surface area contributed by atoms with Gasteiger partial charge in [0.25, 0.3) is 0 Å². The van der Waals surface area contributed by atoms with E-state index in [0.717, 1.165) is 18.4 Å². The smallest absolute Gasteiger partial charge is 0.337 e. The molecule has 0 aliphatic rings. The Hall–Kier alpha value is -1.11. The molecule has 4 nitrogen and oxygen atoms in total. The van der Waals surface area contributed by atoms with Crippen LogP contribution in [-0.4, -0.2) is 28.1 Å². The summed E-state index contributed by atoms with van der Waals surface area (Å²) in [5, 5.41) is 8.74. The summed E-state index contributed by atoms with van der Waals surface area (Å²) in [6.07, 6.45) is 2.28. The molecule has 5 heteroatoms. The van der Waals surface area contributed by atoms with Crippen molar-refractivity contribution in [3.8, 4) is 0 Å². The van der Waals surface area contributed by atoms with Crippen LogP contribution in [0.4, 0.5) is 0 Å². The Bertz CT molecular complexity index is 414. The number of carbonyl (C=O) groups is 2. The second-order valence-electron chi connectivity index (χ2n) is 3.89. The van der Waals surface area contributed by atoms with Crippen LogP contribution in [-0.2, 0) is 16.0 Å². The predicted octanol–water partition coefficient (Wildman–Crippen LogP) is 2.68. The number of methoxy groups -OCH3 is 1. The summed E-state index contributed by atoms with van der Waals surface area (Å²) in [4.78, 5) is 21.9. The number of carboxylic acid groups (broad SMARTS) is 1. The van der Waals surface area contributed by atoms with E-state index in [0.29, 0.717) is 12.0 Å². The number of benzene rings is 1. The Morgan fingerprint density at radius 1 is 1.33 bits per heavy atom. The summed E-state index contributed by atoms with van der Waals surface area (Å²) in [5.41, 5.74) is 1.62. The van der Waals surface area contributed by atoms with Gasteiger partial charge in [0.05, 0.1) is 12.7 Å². The molecule has 18 heavy (non-hydrogen) atoms. The van der Waals surface area contributed by atoms with Gasteiger partial charge in [-0.05, 0) is 37.0 Å². The Balaban J connectivity index is 2.44. The van der Waals surface area contributed by atoms with E-state index < -0.39 is 5.97 Å². The average Bonchev–Trinajstić information content (AvgIpc) is 2.38. The third-order valence-corrected chi connectivity index (χ3v) is 3.72. The normalized spacial score (nSPS) is 11.9. The largest absolute Gasteiger partial charge is 0.480 e. The fourth-order valence-corrected chi connectivity index (χ4v) is 1.97. The quantitative estimate of drug-likeness (QED) is 0.480. The number of carboxylic acids is 1. The topological polar surface area (TPSA) is 63.6 Å². The Morgan fingerprint density at radius 3 is 2.44 bits per heavy atom. The summed E-state index contributed by atoms with van der Waals surface area (Å²) >= 11 is 1.93. The number of aliphatic carboxylic acids is 1. The molecule has 1 aromatic carbocycles. The zero-order chi connectivity index (χ0) is 13.5. The zero-order valence-corrected chi connectivity index (χ0v) is 12.2. The van der Waals surface area contributed by atoms with Crippen LogP contribution in [0.2, 0.25) is 0 Å². The molecule has 0 spiro atoms. The molecule has 0 aliphatic carbocycles. The number of ether oxygens (including phenoxy) is 1. The number of carbonyl (C=O) groups excluding carboxylic acids is 1. The SMILES string of the molecule is COC(=O)c1ccc(CCCC(I)C(=O)O)cc1. The summed E-state index contributed by atoms with van der Waals surface area (Å²) < 4.78 is 4.27. The molecule has 0 amide bonds. The number of esters is 1. The molecule has 0 fully saturated rings. The second-order valence-corrected chi connectivity index (χ2v) is 5.39. The standard InChI is InChI=1S/C13H15IO4/c1-18-13(17)10-7-5-9(6-8-10)3-2-4-11(14)12(15)16/h5-8,11H,2-4H2,1H3,(H,15,16). The summed E-state index contributed by atoms with van der Waals surface area (Å²) in [6, 6.07) is 7.18. The second kappa shape index (κ2) is 7.35. The van der Waals surface area contributed by atoms with Crippen LogP contribution in [0.25, 0.3) is 0 Å². The van der Waals surface area contributed by atoms with Gasteiger partial charge in [0, 0.05) is 0 Å². The van der Waals surface area contributed by atoms with Gasteiger partial charge < -0.3 is 9.84 Å². The van der Waals surface area contributed by atoms with Crippen molar-refractivity contribution in [2.24, 2.45) is 0 Å². The number of rotatable bonds is 6. The Morgan fingerprint density at radius 2 is 1.94 bits per heavy atom. The average molecular weight is 362 g/mol. The Labute approximate surface area is 119 Å². The number of aryl methyl sites for hydroxylation is 1. The lowest BCUT2D eigenvalue weighted by molar-refractivity contribution is -0.136. The summed E-state index contributed by atoms with van der Waals surface area (Å²) in [5.74, 6) is -1.11. The lowest BCUT2D eigenvalue weighted by Gasteiger charge is -2.05. The van der Waals surface area contributed by atoms with E-state index in [4.69, 9.17) is 5.11 Å². The third kappa shape index (κ3) is 4.64. The molecular weight excluding hydrogens is 347 g/mol. The first-order valence-corrected chi connectivity index (χ1v) is 6.83. The monoisotopic (exact) mass is 362 g/mol. The molecule has 0 radical (unpaired) electrons. The first-order chi connectivity index (χ1) is 8.54. The molecule has 0 heterocycles. The van der Waals surface area contributed by atoms with Crippen molar-refractivity contribution in [1.82, 2.24) is 0 Å². The molecule has 0 saturated heterocycles. The van der Waals surface area contributed by atoms with Crippen LogP contribution >= 0.6 is 22.6 Å². The predicted molar refractivity (Wildman–Crippen MR) is 76.2 cm³/mol. The number of hydrogen-bond donors (Lipinski definition) is 1. The van der Waals surface area contributed by atoms with Crippen molar-refractivity contribution >= 4 is 34.5 Å². The van der Waals surface area contributed by atoms with Crippen LogP contribution in [0.5, 0.6) is 0 Å². The fourth-order valence-electron chi connectivity index (χ4n) is 1.53. The first kappa shape index (κ1) is 14.9. The maximum absolute atomic E-state index is 11.2. The van der Waals surface area contributed by atoms with Gasteiger partial charge in [0.1, 0.15) is 3.92 Å². The summed E-state index contributed by atoms with van der Waals surface area (Å²) in [7, 11) is 1.35. The first-order valence-electron chi connectivity index (χ1n) is 5.58. The van der Waals surface area contributed by atoms with E-state index in [1.54, 1.807) is 12.1 Å². The van der Waals surface area contributed by atoms with Crippen LogP contribution in [0.15, 0.2) is 24.3 Å². The van der Waals surface area contributed by atoms with Gasteiger partial charge >= 0.3 is 11.9 Å². The highest BCUT2D eigenvalue weighted by Crippen LogP contribution is 2.13. The molecule has 0 aromatic heterocycles. The highest BCUT2D eigenvalue weighted by atomic mass is 127. The van der Waals surface area contributed by atoms with Crippen molar-refractivity contribution in [3.05, 3.63) is 35.4 Å². The maximum atomic E-state index is 11.2. The van der Waals surface area contributed by atoms with Crippen LogP contribution < -0.4 is 0 Å². The van der Waals surface area contributed by atoms with Gasteiger partial charge in [0.15, 0.2) is 0 Å². The van der Waals surface area contributed by atoms with Crippen molar-refractivity contribution in [2.75, 3.05) is 7.11 Å². The van der Waals surface area contributed by atoms with E-state index >= 15 is 0 Å². The van der Waals surface area contributed by atoms with Gasteiger partial charge in [-0.25, -0.2) is 4.79 Å². The van der Waals surface area contributed by atoms with E-state index in [1.165, 1.54) is 7.11 Å². The van der Waals surface area contributed by atoms with Gasteiger partial charge in [-0.1, -0.05) is 34.7 Å². The molecular formula is C13H15IO4. The van der Waals surface area contributed by atoms with Gasteiger partial charge in [0.2, 0.25) is 0 Å². The highest BCUT2D eigenvalue weighted by Gasteiger charge is 2.12. The fraction of sp³-hybridized carbons (Fsp3) is 0.385. The van der Waals surface area contributed by atoms with Crippen LogP contribution in [0.1, 0.15) is 28.8 Å². The molecule has 0 aliphatic heterocycles. The van der Waals surface area contributed by atoms with Gasteiger partial charge in [-0.3, -0.25) is 4.79 Å². The van der Waals surface area contributed by atoms with E-state index in [-0.39, 0.29) is 9.89 Å². The van der Waals surface area contributed by atoms with Crippen molar-refractivity contribution in [1.29, 1.82) is 0 Å². The van der Waals surface area contributed by atoms with E-state index in [2.05, 4.69) is 4.74 Å². The van der Waals surface area contributed by atoms with E-state index in [1.807, 2.05) is 34.7 Å². The third-order valence-electron chi connectivity index (χ3n) is 2.57. The molecule has 1 atom stereocenters. The van der Waals surface area contributed by atoms with Gasteiger partial charge in [-0.15, -0.1) is 0 Å². The van der Waals surface area contributed by atoms with Crippen molar-refractivity contribution in [2.45, 2.75) is 23.2 Å². The van der Waals surface area contributed by atoms with Crippen molar-refractivity contribution < 1.29 is 19.4 Å². The van der Waals surface area contributed by atoms with Crippen LogP contribution in [0, 0.1) is 0 Å². The highest BCUT2D eigenvalue weighted by molar-refractivity contribution is 14.1. The lowest BCUT2D eigenvalue weighted by atomic mass is 10.1. The number of halogens is 1. The number of alkyl halides is 1. The minimum Gasteiger partial charge on any atom is -0.480 e. The minimum absolute atomic E-state index is 0.336. The van der Waals surface area contributed by atoms with Crippen LogP contribution in [0.3, 0.4) is 0 Å². The zero-order valence-electron chi connectivity index (χ0n) is 10.1. The van der Waals surface area contributed by atoms with Crippen molar-refractivity contribution in [3.63, 3.8) is 0 Å². The lowest BCUT2D eigenvalue weighted by Crippen LogP contribution is -2.12. The maximum Gasteiger partial charge on any atom is 0.337 e. The molecule has 1 unspecified atom stereocenters. The van der Waals surface area contributed by atoms with Gasteiger partial charge in [-0.2, -0.15) is 0 Å². The minimum atomic E-state index is -0.767. The Kier molecular flexibility index (Phi) is 6.11. The molecule has 1 N–H and O–H groups in total. The number of hydrogen-bond acceptors (Lipinski definition) is 3. The molecule has 1 rings (SSSR count). The van der Waals surface area contributed by atoms with E-state index in [9.17, 15) is 9.59 Å². The molecule has 0 saturated carbocycles. The summed E-state index contributed by atoms with van der Waals surface area (Å²) in [6.45, 7) is 0. The molecule has 98 valence electrons.